The molecule has 1 heterocycles. The van der Waals surface area contributed by atoms with E-state index in [1.54, 1.807) is 12.1 Å². The van der Waals surface area contributed by atoms with Gasteiger partial charge in [0.05, 0.1) is 18.8 Å². The van der Waals surface area contributed by atoms with Crippen LogP contribution in [0.5, 0.6) is 0 Å². The zero-order chi connectivity index (χ0) is 13.8. The lowest BCUT2D eigenvalue weighted by atomic mass is 10.0. The number of nitrogens with one attached hydrogen (secondary N) is 1. The number of nitrogens with zero attached hydrogens (tertiary/aromatic N) is 1. The van der Waals surface area contributed by atoms with Gasteiger partial charge in [0.1, 0.15) is 0 Å². The number of nitrogens with two attached hydrogens (primary N) is 1. The van der Waals surface area contributed by atoms with Gasteiger partial charge in [-0.3, -0.25) is 11.3 Å². The summed E-state index contributed by atoms with van der Waals surface area (Å²) in [7, 11) is 2.08. The molecule has 2 unspecified atom stereocenters. The fraction of sp³-hybridized carbons (Fsp3) is 0.538. The molecule has 1 fully saturated rings. The summed E-state index contributed by atoms with van der Waals surface area (Å²) in [5, 5.41) is 1.38. The number of halogens is 2. The molecule has 0 aliphatic carbocycles. The average Bonchev–Trinajstić information content (AvgIpc) is 2.39. The van der Waals surface area contributed by atoms with Gasteiger partial charge in [0.25, 0.3) is 0 Å². The first-order valence-corrected chi connectivity index (χ1v) is 7.06. The van der Waals surface area contributed by atoms with E-state index in [-0.39, 0.29) is 12.1 Å². The van der Waals surface area contributed by atoms with Gasteiger partial charge in [-0.25, -0.2) is 0 Å². The molecule has 2 atom stereocenters. The SMILES string of the molecule is CN1CCOC(C(Cc2cc(Cl)ccc2Cl)NN)C1. The Morgan fingerprint density at radius 1 is 1.53 bits per heavy atom. The number of hydrogen-bond acceptors (Lipinski definition) is 4. The number of hydrazine groups is 1. The molecule has 0 radical (unpaired) electrons. The van der Waals surface area contributed by atoms with Gasteiger partial charge in [-0.15, -0.1) is 0 Å². The first-order valence-electron chi connectivity index (χ1n) is 6.30. The van der Waals surface area contributed by atoms with Crippen molar-refractivity contribution in [3.63, 3.8) is 0 Å². The van der Waals surface area contributed by atoms with Gasteiger partial charge in [-0.2, -0.15) is 0 Å². The van der Waals surface area contributed by atoms with Crippen LogP contribution in [0.25, 0.3) is 0 Å². The second-order valence-electron chi connectivity index (χ2n) is 4.88. The standard InChI is InChI=1S/C13H19Cl2N3O/c1-18-4-5-19-13(8-18)12(17-16)7-9-6-10(14)2-3-11(9)15/h2-3,6,12-13,17H,4-5,7-8,16H2,1H3. The molecule has 2 rings (SSSR count). The van der Waals surface area contributed by atoms with Gasteiger partial charge < -0.3 is 9.64 Å². The molecule has 1 aromatic carbocycles. The van der Waals surface area contributed by atoms with Crippen molar-refractivity contribution in [3.8, 4) is 0 Å². The molecule has 106 valence electrons. The Morgan fingerprint density at radius 3 is 3.00 bits per heavy atom. The molecule has 19 heavy (non-hydrogen) atoms. The Balaban J connectivity index is 2.07. The van der Waals surface area contributed by atoms with Gasteiger partial charge in [-0.1, -0.05) is 23.2 Å². The second-order valence-corrected chi connectivity index (χ2v) is 5.73. The lowest BCUT2D eigenvalue weighted by molar-refractivity contribution is -0.0384. The Bertz CT molecular complexity index is 430. The molecule has 0 bridgehead atoms. The van der Waals surface area contributed by atoms with E-state index in [4.69, 9.17) is 33.8 Å². The number of rotatable bonds is 4. The van der Waals surface area contributed by atoms with Crippen LogP contribution in [-0.4, -0.2) is 43.8 Å². The van der Waals surface area contributed by atoms with E-state index in [1.807, 2.05) is 6.07 Å². The quantitative estimate of drug-likeness (QED) is 0.657. The van der Waals surface area contributed by atoms with E-state index >= 15 is 0 Å². The maximum absolute atomic E-state index is 6.19. The van der Waals surface area contributed by atoms with Crippen LogP contribution in [0.2, 0.25) is 10.0 Å². The third kappa shape index (κ3) is 4.05. The molecular formula is C13H19Cl2N3O. The number of benzene rings is 1. The highest BCUT2D eigenvalue weighted by Gasteiger charge is 2.26. The van der Waals surface area contributed by atoms with Crippen molar-refractivity contribution >= 4 is 23.2 Å². The maximum Gasteiger partial charge on any atom is 0.0871 e. The molecule has 1 aromatic rings. The highest BCUT2D eigenvalue weighted by molar-refractivity contribution is 6.33. The van der Waals surface area contributed by atoms with Crippen LogP contribution in [0.4, 0.5) is 0 Å². The summed E-state index contributed by atoms with van der Waals surface area (Å²) >= 11 is 12.2. The highest BCUT2D eigenvalue weighted by atomic mass is 35.5. The monoisotopic (exact) mass is 303 g/mol. The van der Waals surface area contributed by atoms with E-state index < -0.39 is 0 Å². The fourth-order valence-corrected chi connectivity index (χ4v) is 2.68. The van der Waals surface area contributed by atoms with Gasteiger partial charge in [0, 0.05) is 23.1 Å². The number of morpholine rings is 1. The zero-order valence-electron chi connectivity index (χ0n) is 10.9. The lowest BCUT2D eigenvalue weighted by Gasteiger charge is -2.35. The summed E-state index contributed by atoms with van der Waals surface area (Å²) in [4.78, 5) is 2.23. The topological polar surface area (TPSA) is 50.5 Å². The van der Waals surface area contributed by atoms with Crippen molar-refractivity contribution in [1.82, 2.24) is 10.3 Å². The fourth-order valence-electron chi connectivity index (χ4n) is 2.29. The summed E-state index contributed by atoms with van der Waals surface area (Å²) in [5.74, 6) is 5.66. The predicted octanol–water partition coefficient (Wildman–Crippen LogP) is 1.70. The Hall–Kier alpha value is -0.360. The van der Waals surface area contributed by atoms with Crippen molar-refractivity contribution in [2.45, 2.75) is 18.6 Å². The molecule has 0 saturated carbocycles. The van der Waals surface area contributed by atoms with Crippen LogP contribution in [0, 0.1) is 0 Å². The van der Waals surface area contributed by atoms with Gasteiger partial charge in [0.15, 0.2) is 0 Å². The summed E-state index contributed by atoms with van der Waals surface area (Å²) in [6.45, 7) is 2.53. The van der Waals surface area contributed by atoms with Crippen molar-refractivity contribution in [3.05, 3.63) is 33.8 Å². The van der Waals surface area contributed by atoms with Crippen LogP contribution in [0.3, 0.4) is 0 Å². The van der Waals surface area contributed by atoms with Crippen molar-refractivity contribution in [2.75, 3.05) is 26.7 Å². The molecule has 3 N–H and O–H groups in total. The molecule has 0 aromatic heterocycles. The smallest absolute Gasteiger partial charge is 0.0871 e. The van der Waals surface area contributed by atoms with E-state index in [0.717, 1.165) is 25.3 Å². The average molecular weight is 304 g/mol. The first kappa shape index (κ1) is 15.0. The van der Waals surface area contributed by atoms with Crippen LogP contribution < -0.4 is 11.3 Å². The molecule has 0 amide bonds. The van der Waals surface area contributed by atoms with E-state index in [1.165, 1.54) is 0 Å². The summed E-state index contributed by atoms with van der Waals surface area (Å²) in [6.07, 6.45) is 0.743. The molecule has 1 aliphatic heterocycles. The molecule has 4 nitrogen and oxygen atoms in total. The first-order chi connectivity index (χ1) is 9.10. The molecule has 6 heteroatoms. The van der Waals surface area contributed by atoms with Crippen molar-refractivity contribution < 1.29 is 4.74 Å². The van der Waals surface area contributed by atoms with Crippen LogP contribution in [0.1, 0.15) is 5.56 Å². The maximum atomic E-state index is 6.19. The predicted molar refractivity (Wildman–Crippen MR) is 78.5 cm³/mol. The largest absolute Gasteiger partial charge is 0.374 e. The van der Waals surface area contributed by atoms with Crippen LogP contribution in [0.15, 0.2) is 18.2 Å². The molecule has 0 spiro atoms. The van der Waals surface area contributed by atoms with E-state index in [9.17, 15) is 0 Å². The Morgan fingerprint density at radius 2 is 2.32 bits per heavy atom. The van der Waals surface area contributed by atoms with Gasteiger partial charge >= 0.3 is 0 Å². The third-order valence-electron chi connectivity index (χ3n) is 3.41. The lowest BCUT2D eigenvalue weighted by Crippen LogP contribution is -2.54. The summed E-state index contributed by atoms with van der Waals surface area (Å²) in [6, 6.07) is 5.48. The van der Waals surface area contributed by atoms with Crippen LogP contribution >= 0.6 is 23.2 Å². The van der Waals surface area contributed by atoms with Gasteiger partial charge in [-0.05, 0) is 37.2 Å². The van der Waals surface area contributed by atoms with Gasteiger partial charge in [0.2, 0.25) is 0 Å². The second kappa shape index (κ2) is 6.88. The number of ether oxygens (including phenoxy) is 1. The highest BCUT2D eigenvalue weighted by Crippen LogP contribution is 2.23. The van der Waals surface area contributed by atoms with Crippen LogP contribution in [-0.2, 0) is 11.2 Å². The molecular weight excluding hydrogens is 285 g/mol. The van der Waals surface area contributed by atoms with E-state index in [2.05, 4.69) is 17.4 Å². The Kier molecular flexibility index (Phi) is 5.45. The van der Waals surface area contributed by atoms with Crippen molar-refractivity contribution in [1.29, 1.82) is 0 Å². The normalized spacial score (nSPS) is 22.4. The van der Waals surface area contributed by atoms with Crippen molar-refractivity contribution in [2.24, 2.45) is 5.84 Å². The number of likely N-dealkylation sites (N-methyl/N-ethyl adjacent to an activating group) is 1. The summed E-state index contributed by atoms with van der Waals surface area (Å²) < 4.78 is 5.78. The zero-order valence-corrected chi connectivity index (χ0v) is 12.4. The summed E-state index contributed by atoms with van der Waals surface area (Å²) in [5.41, 5.74) is 3.81. The minimum Gasteiger partial charge on any atom is -0.374 e. The third-order valence-corrected chi connectivity index (χ3v) is 4.01. The molecule has 1 saturated heterocycles. The minimum atomic E-state index is 0.0127. The minimum absolute atomic E-state index is 0.0127. The molecule has 1 aliphatic rings. The van der Waals surface area contributed by atoms with E-state index in [0.29, 0.717) is 16.5 Å². The Labute approximate surface area is 123 Å². The number of hydrogen-bond donors (Lipinski definition) is 2.